The number of fused-ring (bicyclic) bond motifs is 1. The van der Waals surface area contributed by atoms with Gasteiger partial charge in [0.05, 0.1) is 13.1 Å². The molecule has 1 aliphatic heterocycles. The van der Waals surface area contributed by atoms with Crippen LogP contribution in [0.25, 0.3) is 0 Å². The van der Waals surface area contributed by atoms with Crippen LogP contribution in [0.5, 0.6) is 0 Å². The molecule has 2 aliphatic rings. The van der Waals surface area contributed by atoms with E-state index in [2.05, 4.69) is 21.9 Å². The fourth-order valence-electron chi connectivity index (χ4n) is 3.53. The molecule has 2 heterocycles. The Labute approximate surface area is 164 Å². The minimum atomic E-state index is -1.16. The maximum atomic E-state index is 12.0. The molecule has 0 spiro atoms. The molecule has 8 heteroatoms. The SMILES string of the molecule is CC.CC1CC[C@H](N2CCn3ncnc3C2)C[C@@H]1N.Fc1ccc(F)c(F)c1. The van der Waals surface area contributed by atoms with E-state index >= 15 is 0 Å². The van der Waals surface area contributed by atoms with E-state index in [1.807, 2.05) is 18.5 Å². The summed E-state index contributed by atoms with van der Waals surface area (Å²) in [6.07, 6.45) is 5.33. The molecule has 2 N–H and O–H groups in total. The number of nitrogens with zero attached hydrogens (tertiary/aromatic N) is 4. The van der Waals surface area contributed by atoms with Crippen LogP contribution in [0.1, 0.15) is 45.9 Å². The molecule has 1 unspecified atom stereocenters. The van der Waals surface area contributed by atoms with Crippen LogP contribution in [0.3, 0.4) is 0 Å². The summed E-state index contributed by atoms with van der Waals surface area (Å²) in [6.45, 7) is 9.26. The van der Waals surface area contributed by atoms with Crippen LogP contribution in [-0.2, 0) is 13.1 Å². The Balaban J connectivity index is 0.000000216. The van der Waals surface area contributed by atoms with Crippen LogP contribution in [0.2, 0.25) is 0 Å². The third kappa shape index (κ3) is 5.78. The summed E-state index contributed by atoms with van der Waals surface area (Å²) >= 11 is 0. The van der Waals surface area contributed by atoms with Crippen molar-refractivity contribution >= 4 is 0 Å². The standard InChI is InChI=1S/C12H21N5.C6H3F3.C2H6/c1-9-2-3-10(6-11(9)13)16-4-5-17-12(7-16)14-8-15-17;7-4-1-2-5(8)6(9)3-4;1-2/h8-11H,2-7,13H2,1H3;1-3H;1-2H3/t9?,10-,11-;;/m0../s1. The largest absolute Gasteiger partial charge is 0.327 e. The van der Waals surface area contributed by atoms with Gasteiger partial charge < -0.3 is 5.73 Å². The zero-order chi connectivity index (χ0) is 20.7. The number of halogens is 3. The van der Waals surface area contributed by atoms with E-state index in [1.54, 1.807) is 6.33 Å². The normalized spacial score (nSPS) is 24.3. The van der Waals surface area contributed by atoms with Gasteiger partial charge in [-0.15, -0.1) is 0 Å². The van der Waals surface area contributed by atoms with E-state index in [0.717, 1.165) is 44.0 Å². The molecular weight excluding hydrogens is 367 g/mol. The first-order valence-corrected chi connectivity index (χ1v) is 9.91. The fourth-order valence-corrected chi connectivity index (χ4v) is 3.53. The maximum Gasteiger partial charge on any atom is 0.161 e. The van der Waals surface area contributed by atoms with Gasteiger partial charge in [-0.1, -0.05) is 20.8 Å². The van der Waals surface area contributed by atoms with Gasteiger partial charge in [0.25, 0.3) is 0 Å². The second kappa shape index (κ2) is 10.6. The molecule has 1 fully saturated rings. The zero-order valence-electron chi connectivity index (χ0n) is 16.8. The quantitative estimate of drug-likeness (QED) is 0.745. The Kier molecular flexibility index (Phi) is 8.44. The first-order valence-electron chi connectivity index (χ1n) is 9.91. The summed E-state index contributed by atoms with van der Waals surface area (Å²) in [5.74, 6) is -1.18. The van der Waals surface area contributed by atoms with Crippen molar-refractivity contribution in [1.29, 1.82) is 0 Å². The molecule has 0 amide bonds. The molecule has 1 saturated carbocycles. The highest BCUT2D eigenvalue weighted by Gasteiger charge is 2.31. The number of nitrogens with two attached hydrogens (primary N) is 1. The second-order valence-corrected chi connectivity index (χ2v) is 7.04. The molecular formula is C20H30F3N5. The Morgan fingerprint density at radius 2 is 1.82 bits per heavy atom. The smallest absolute Gasteiger partial charge is 0.161 e. The van der Waals surface area contributed by atoms with Crippen LogP contribution in [0.4, 0.5) is 13.2 Å². The molecule has 2 aromatic rings. The molecule has 4 rings (SSSR count). The molecule has 1 aromatic carbocycles. The van der Waals surface area contributed by atoms with Crippen molar-refractivity contribution in [2.24, 2.45) is 11.7 Å². The number of hydrogen-bond acceptors (Lipinski definition) is 4. The van der Waals surface area contributed by atoms with E-state index in [9.17, 15) is 13.2 Å². The Morgan fingerprint density at radius 1 is 1.07 bits per heavy atom. The summed E-state index contributed by atoms with van der Waals surface area (Å²) in [5, 5.41) is 4.22. The first kappa shape index (κ1) is 22.4. The van der Waals surface area contributed by atoms with Crippen LogP contribution in [0, 0.1) is 23.4 Å². The van der Waals surface area contributed by atoms with Gasteiger partial charge in [0, 0.05) is 24.7 Å². The number of hydrogen-bond donors (Lipinski definition) is 1. The third-order valence-corrected chi connectivity index (χ3v) is 5.27. The van der Waals surface area contributed by atoms with Crippen molar-refractivity contribution in [3.05, 3.63) is 47.8 Å². The monoisotopic (exact) mass is 397 g/mol. The molecule has 1 aliphatic carbocycles. The van der Waals surface area contributed by atoms with Gasteiger partial charge in [-0.3, -0.25) is 4.90 Å². The molecule has 0 radical (unpaired) electrons. The van der Waals surface area contributed by atoms with E-state index in [0.29, 0.717) is 24.1 Å². The Morgan fingerprint density at radius 3 is 2.46 bits per heavy atom. The summed E-state index contributed by atoms with van der Waals surface area (Å²) < 4.78 is 37.9. The van der Waals surface area contributed by atoms with Crippen molar-refractivity contribution < 1.29 is 13.2 Å². The first-order chi connectivity index (χ1) is 13.4. The van der Waals surface area contributed by atoms with Gasteiger partial charge in [0.1, 0.15) is 18.0 Å². The summed E-state index contributed by atoms with van der Waals surface area (Å²) in [7, 11) is 0. The zero-order valence-corrected chi connectivity index (χ0v) is 16.8. The minimum absolute atomic E-state index is 0.369. The lowest BCUT2D eigenvalue weighted by Gasteiger charge is -2.40. The summed E-state index contributed by atoms with van der Waals surface area (Å²) in [6, 6.07) is 3.11. The highest BCUT2D eigenvalue weighted by molar-refractivity contribution is 5.07. The Hall–Kier alpha value is -1.93. The highest BCUT2D eigenvalue weighted by atomic mass is 19.2. The van der Waals surface area contributed by atoms with Gasteiger partial charge in [0.2, 0.25) is 0 Å². The summed E-state index contributed by atoms with van der Waals surface area (Å²) in [5.41, 5.74) is 6.19. The van der Waals surface area contributed by atoms with E-state index in [4.69, 9.17) is 5.73 Å². The van der Waals surface area contributed by atoms with Gasteiger partial charge in [-0.05, 0) is 37.3 Å². The molecule has 1 aromatic heterocycles. The van der Waals surface area contributed by atoms with Gasteiger partial charge in [-0.2, -0.15) is 5.10 Å². The predicted octanol–water partition coefficient (Wildman–Crippen LogP) is 3.74. The van der Waals surface area contributed by atoms with Crippen molar-refractivity contribution in [1.82, 2.24) is 19.7 Å². The van der Waals surface area contributed by atoms with Crippen molar-refractivity contribution in [2.45, 2.75) is 65.2 Å². The van der Waals surface area contributed by atoms with Crippen molar-refractivity contribution in [3.63, 3.8) is 0 Å². The third-order valence-electron chi connectivity index (χ3n) is 5.27. The number of rotatable bonds is 1. The molecule has 0 saturated heterocycles. The van der Waals surface area contributed by atoms with Gasteiger partial charge in [0.15, 0.2) is 11.6 Å². The molecule has 0 bridgehead atoms. The average molecular weight is 397 g/mol. The Bertz CT molecular complexity index is 736. The van der Waals surface area contributed by atoms with Crippen LogP contribution >= 0.6 is 0 Å². The lowest BCUT2D eigenvalue weighted by atomic mass is 9.82. The molecule has 156 valence electrons. The fraction of sp³-hybridized carbons (Fsp3) is 0.600. The van der Waals surface area contributed by atoms with Crippen molar-refractivity contribution in [3.8, 4) is 0 Å². The van der Waals surface area contributed by atoms with Crippen LogP contribution in [0.15, 0.2) is 24.5 Å². The molecule has 5 nitrogen and oxygen atoms in total. The number of benzene rings is 1. The van der Waals surface area contributed by atoms with Gasteiger partial charge in [-0.25, -0.2) is 22.8 Å². The van der Waals surface area contributed by atoms with E-state index in [-0.39, 0.29) is 0 Å². The van der Waals surface area contributed by atoms with Crippen molar-refractivity contribution in [2.75, 3.05) is 6.54 Å². The lowest BCUT2D eigenvalue weighted by molar-refractivity contribution is 0.0964. The lowest BCUT2D eigenvalue weighted by Crippen LogP contribution is -2.48. The van der Waals surface area contributed by atoms with Crippen LogP contribution in [-0.4, -0.2) is 38.3 Å². The predicted molar refractivity (Wildman–Crippen MR) is 103 cm³/mol. The molecule has 28 heavy (non-hydrogen) atoms. The highest BCUT2D eigenvalue weighted by Crippen LogP contribution is 2.28. The van der Waals surface area contributed by atoms with Crippen LogP contribution < -0.4 is 5.73 Å². The van der Waals surface area contributed by atoms with E-state index < -0.39 is 17.5 Å². The second-order valence-electron chi connectivity index (χ2n) is 7.04. The summed E-state index contributed by atoms with van der Waals surface area (Å²) in [4.78, 5) is 6.85. The maximum absolute atomic E-state index is 12.0. The van der Waals surface area contributed by atoms with E-state index in [1.165, 1.54) is 12.8 Å². The topological polar surface area (TPSA) is 60.0 Å². The number of aromatic nitrogens is 3. The average Bonchev–Trinajstić information content (AvgIpc) is 3.17. The minimum Gasteiger partial charge on any atom is -0.327 e. The van der Waals surface area contributed by atoms with Gasteiger partial charge >= 0.3 is 0 Å². The molecule has 3 atom stereocenters.